The molecule has 1 amide bonds. The van der Waals surface area contributed by atoms with Crippen molar-refractivity contribution in [1.29, 1.82) is 5.26 Å². The van der Waals surface area contributed by atoms with E-state index in [1.54, 1.807) is 13.0 Å². The van der Waals surface area contributed by atoms with Crippen LogP contribution in [0.4, 0.5) is 0 Å². The normalized spacial score (nSPS) is 11.5. The summed E-state index contributed by atoms with van der Waals surface area (Å²) in [5.74, 6) is -0.309. The Labute approximate surface area is 92.9 Å². The Morgan fingerprint density at radius 2 is 2.53 bits per heavy atom. The molecule has 0 spiro atoms. The third-order valence-corrected chi connectivity index (χ3v) is 2.12. The molecule has 15 heavy (non-hydrogen) atoms. The van der Waals surface area contributed by atoms with Crippen molar-refractivity contribution >= 4 is 17.5 Å². The number of nitrogens with zero attached hydrogens (tertiary/aromatic N) is 2. The lowest BCUT2D eigenvalue weighted by Gasteiger charge is -2.10. The topological polar surface area (TPSA) is 65.8 Å². The van der Waals surface area contributed by atoms with Crippen molar-refractivity contribution in [1.82, 2.24) is 10.3 Å². The molecule has 0 radical (unpaired) electrons. The predicted molar refractivity (Wildman–Crippen MR) is 56.4 cm³/mol. The van der Waals surface area contributed by atoms with Crippen LogP contribution >= 0.6 is 11.6 Å². The Hall–Kier alpha value is -1.60. The number of hydrogen-bond acceptors (Lipinski definition) is 3. The van der Waals surface area contributed by atoms with Gasteiger partial charge in [0.05, 0.1) is 23.1 Å². The Kier molecular flexibility index (Phi) is 4.07. The van der Waals surface area contributed by atoms with Gasteiger partial charge in [-0.25, -0.2) is 0 Å². The lowest BCUT2D eigenvalue weighted by Crippen LogP contribution is -2.32. The summed E-state index contributed by atoms with van der Waals surface area (Å²) in [5.41, 5.74) is 0.323. The van der Waals surface area contributed by atoms with Crippen LogP contribution in [0.25, 0.3) is 0 Å². The van der Waals surface area contributed by atoms with Crippen LogP contribution in [0, 0.1) is 11.3 Å². The Morgan fingerprint density at radius 1 is 1.80 bits per heavy atom. The highest BCUT2D eigenvalue weighted by Gasteiger charge is 2.12. The molecule has 0 aromatic carbocycles. The summed E-state index contributed by atoms with van der Waals surface area (Å²) in [7, 11) is 0. The first-order valence-electron chi connectivity index (χ1n) is 4.42. The standard InChI is InChI=1S/C10H10ClN3O/c1-7(2-4-12)14-10(15)8-6-13-5-3-9(8)11/h3,5-7H,2H2,1H3,(H,14,15). The fourth-order valence-electron chi connectivity index (χ4n) is 1.03. The zero-order chi connectivity index (χ0) is 11.3. The number of hydrogen-bond donors (Lipinski definition) is 1. The summed E-state index contributed by atoms with van der Waals surface area (Å²) in [6, 6.07) is 3.33. The minimum Gasteiger partial charge on any atom is -0.348 e. The van der Waals surface area contributed by atoms with E-state index in [2.05, 4.69) is 10.3 Å². The highest BCUT2D eigenvalue weighted by atomic mass is 35.5. The second-order valence-corrected chi connectivity index (χ2v) is 3.50. The van der Waals surface area contributed by atoms with Gasteiger partial charge in [-0.3, -0.25) is 9.78 Å². The lowest BCUT2D eigenvalue weighted by molar-refractivity contribution is 0.0940. The van der Waals surface area contributed by atoms with Crippen LogP contribution in [0.5, 0.6) is 0 Å². The molecule has 0 aliphatic carbocycles. The maximum Gasteiger partial charge on any atom is 0.254 e. The molecule has 1 aromatic rings. The summed E-state index contributed by atoms with van der Waals surface area (Å²) < 4.78 is 0. The monoisotopic (exact) mass is 223 g/mol. The molecule has 0 saturated heterocycles. The van der Waals surface area contributed by atoms with Gasteiger partial charge in [-0.1, -0.05) is 11.6 Å². The molecule has 0 bridgehead atoms. The third-order valence-electron chi connectivity index (χ3n) is 1.79. The van der Waals surface area contributed by atoms with Crippen molar-refractivity contribution < 1.29 is 4.79 Å². The van der Waals surface area contributed by atoms with E-state index >= 15 is 0 Å². The molecule has 78 valence electrons. The maximum absolute atomic E-state index is 11.6. The lowest BCUT2D eigenvalue weighted by atomic mass is 10.2. The average molecular weight is 224 g/mol. The number of halogens is 1. The van der Waals surface area contributed by atoms with Gasteiger partial charge in [-0.2, -0.15) is 5.26 Å². The third kappa shape index (κ3) is 3.22. The average Bonchev–Trinajstić information content (AvgIpc) is 2.18. The number of rotatable bonds is 3. The van der Waals surface area contributed by atoms with E-state index in [0.717, 1.165) is 0 Å². The van der Waals surface area contributed by atoms with Crippen LogP contribution in [0.15, 0.2) is 18.5 Å². The molecule has 1 heterocycles. The highest BCUT2D eigenvalue weighted by molar-refractivity contribution is 6.33. The van der Waals surface area contributed by atoms with Crippen molar-refractivity contribution in [3.63, 3.8) is 0 Å². The predicted octanol–water partition coefficient (Wildman–Crippen LogP) is 1.77. The van der Waals surface area contributed by atoms with Crippen LogP contribution in [-0.4, -0.2) is 16.9 Å². The van der Waals surface area contributed by atoms with Gasteiger partial charge in [-0.05, 0) is 13.0 Å². The molecule has 0 aliphatic rings. The summed E-state index contributed by atoms with van der Waals surface area (Å²) in [6.07, 6.45) is 3.18. The van der Waals surface area contributed by atoms with Gasteiger partial charge in [0, 0.05) is 18.4 Å². The van der Waals surface area contributed by atoms with Gasteiger partial charge in [0.25, 0.3) is 5.91 Å². The van der Waals surface area contributed by atoms with E-state index in [4.69, 9.17) is 16.9 Å². The molecule has 1 unspecified atom stereocenters. The van der Waals surface area contributed by atoms with Gasteiger partial charge in [0.15, 0.2) is 0 Å². The molecule has 5 heteroatoms. The summed E-state index contributed by atoms with van der Waals surface area (Å²) in [5, 5.41) is 11.4. The van der Waals surface area contributed by atoms with Crippen molar-refractivity contribution in [2.45, 2.75) is 19.4 Å². The van der Waals surface area contributed by atoms with Gasteiger partial charge < -0.3 is 5.32 Å². The largest absolute Gasteiger partial charge is 0.348 e. The SMILES string of the molecule is CC(CC#N)NC(=O)c1cnccc1Cl. The van der Waals surface area contributed by atoms with E-state index in [1.165, 1.54) is 12.4 Å². The first kappa shape index (κ1) is 11.5. The first-order valence-corrected chi connectivity index (χ1v) is 4.80. The molecule has 0 fully saturated rings. The fraction of sp³-hybridized carbons (Fsp3) is 0.300. The molecule has 1 rings (SSSR count). The van der Waals surface area contributed by atoms with Crippen LogP contribution in [-0.2, 0) is 0 Å². The van der Waals surface area contributed by atoms with Gasteiger partial charge in [0.2, 0.25) is 0 Å². The van der Waals surface area contributed by atoms with Crippen LogP contribution in [0.2, 0.25) is 5.02 Å². The van der Waals surface area contributed by atoms with E-state index in [9.17, 15) is 4.79 Å². The second-order valence-electron chi connectivity index (χ2n) is 3.09. The summed E-state index contributed by atoms with van der Waals surface area (Å²) in [4.78, 5) is 15.4. The van der Waals surface area contributed by atoms with Crippen LogP contribution < -0.4 is 5.32 Å². The quantitative estimate of drug-likeness (QED) is 0.849. The molecule has 1 N–H and O–H groups in total. The molecule has 0 aliphatic heterocycles. The second kappa shape index (κ2) is 5.32. The zero-order valence-corrected chi connectivity index (χ0v) is 8.95. The molecule has 1 aromatic heterocycles. The maximum atomic E-state index is 11.6. The molecule has 0 saturated carbocycles. The minimum absolute atomic E-state index is 0.196. The molecular weight excluding hydrogens is 214 g/mol. The van der Waals surface area contributed by atoms with E-state index in [1.807, 2.05) is 6.07 Å². The number of carbonyl (C=O) groups is 1. The number of amides is 1. The smallest absolute Gasteiger partial charge is 0.254 e. The van der Waals surface area contributed by atoms with Crippen LogP contribution in [0.1, 0.15) is 23.7 Å². The van der Waals surface area contributed by atoms with Crippen LogP contribution in [0.3, 0.4) is 0 Å². The van der Waals surface area contributed by atoms with Gasteiger partial charge >= 0.3 is 0 Å². The number of nitriles is 1. The van der Waals surface area contributed by atoms with E-state index in [-0.39, 0.29) is 18.4 Å². The minimum atomic E-state index is -0.309. The van der Waals surface area contributed by atoms with Gasteiger partial charge in [0.1, 0.15) is 0 Å². The Morgan fingerprint density at radius 3 is 3.13 bits per heavy atom. The Bertz CT molecular complexity index is 400. The zero-order valence-electron chi connectivity index (χ0n) is 8.20. The molecular formula is C10H10ClN3O. The van der Waals surface area contributed by atoms with Crippen molar-refractivity contribution in [2.24, 2.45) is 0 Å². The first-order chi connectivity index (χ1) is 7.15. The van der Waals surface area contributed by atoms with Gasteiger partial charge in [-0.15, -0.1) is 0 Å². The van der Waals surface area contributed by atoms with Crippen molar-refractivity contribution in [3.05, 3.63) is 29.0 Å². The summed E-state index contributed by atoms with van der Waals surface area (Å²) in [6.45, 7) is 1.76. The molecule has 1 atom stereocenters. The Balaban J connectivity index is 2.70. The number of carbonyl (C=O) groups excluding carboxylic acids is 1. The van der Waals surface area contributed by atoms with Crippen molar-refractivity contribution in [3.8, 4) is 6.07 Å². The molecule has 4 nitrogen and oxygen atoms in total. The van der Waals surface area contributed by atoms with E-state index < -0.39 is 0 Å². The number of aromatic nitrogens is 1. The fourth-order valence-corrected chi connectivity index (χ4v) is 1.23. The van der Waals surface area contributed by atoms with E-state index in [0.29, 0.717) is 10.6 Å². The van der Waals surface area contributed by atoms with Crippen molar-refractivity contribution in [2.75, 3.05) is 0 Å². The summed E-state index contributed by atoms with van der Waals surface area (Å²) >= 11 is 5.81. The highest BCUT2D eigenvalue weighted by Crippen LogP contribution is 2.13. The number of nitrogens with one attached hydrogen (secondary N) is 1. The number of pyridine rings is 1.